The van der Waals surface area contributed by atoms with Crippen molar-refractivity contribution in [3.05, 3.63) is 29.6 Å². The van der Waals surface area contributed by atoms with Gasteiger partial charge in [-0.05, 0) is 0 Å². The maximum absolute atomic E-state index is 2.27. The molecule has 0 aliphatic rings. The molecule has 0 aliphatic heterocycles. The fourth-order valence-corrected chi connectivity index (χ4v) is 1.93. The summed E-state index contributed by atoms with van der Waals surface area (Å²) >= 11 is 0. The number of rotatable bonds is 8. The molecule has 0 atom stereocenters. The van der Waals surface area contributed by atoms with Gasteiger partial charge in [-0.25, -0.2) is 0 Å². The number of hydrogen-bond acceptors (Lipinski definition) is 0. The zero-order valence-corrected chi connectivity index (χ0v) is 10.0. The summed E-state index contributed by atoms with van der Waals surface area (Å²) in [5.41, 5.74) is 1.49. The van der Waals surface area contributed by atoms with E-state index in [2.05, 4.69) is 37.9 Å². The van der Waals surface area contributed by atoms with E-state index in [9.17, 15) is 0 Å². The van der Waals surface area contributed by atoms with Gasteiger partial charge in [0.2, 0.25) is 0 Å². The predicted octanol–water partition coefficient (Wildman–Crippen LogP) is 4.32. The average molecular weight is 202 g/mol. The Balaban J connectivity index is 1.93. The summed E-state index contributed by atoms with van der Waals surface area (Å²) in [7, 11) is 0. The first-order chi connectivity index (χ1) is 7.43. The minimum absolute atomic E-state index is 1.26. The number of aryl methyl sites for hydroxylation is 1. The Hall–Kier alpha value is -0.585. The van der Waals surface area contributed by atoms with Crippen LogP contribution in [0.15, 0.2) is 24.1 Å². The molecule has 0 amide bonds. The molecule has 0 saturated heterocycles. The molecule has 1 aromatic rings. The molecule has 15 heavy (non-hydrogen) atoms. The molecule has 0 unspecified atom stereocenters. The Bertz CT molecular complexity index is 230. The molecular formula is C14H23B. The molecule has 0 aromatic carbocycles. The fraction of sp³-hybridized carbons (Fsp3) is 0.643. The molecule has 82 valence electrons. The summed E-state index contributed by atoms with van der Waals surface area (Å²) in [6.07, 6.45) is 11.1. The number of unbranched alkanes of at least 4 members (excludes halogenated alkanes) is 6. The van der Waals surface area contributed by atoms with Crippen LogP contribution in [-0.2, 0) is 6.42 Å². The quantitative estimate of drug-likeness (QED) is 0.551. The van der Waals surface area contributed by atoms with Gasteiger partial charge in [0.15, 0.2) is 0 Å². The van der Waals surface area contributed by atoms with Crippen molar-refractivity contribution in [1.29, 1.82) is 0 Å². The summed E-state index contributed by atoms with van der Waals surface area (Å²) < 4.78 is 0. The Morgan fingerprint density at radius 1 is 0.867 bits per heavy atom. The van der Waals surface area contributed by atoms with E-state index in [1.165, 1.54) is 56.9 Å². The van der Waals surface area contributed by atoms with Gasteiger partial charge in [0.1, 0.15) is 0 Å². The van der Waals surface area contributed by atoms with Crippen LogP contribution in [0.3, 0.4) is 0 Å². The van der Waals surface area contributed by atoms with E-state index in [4.69, 9.17) is 0 Å². The van der Waals surface area contributed by atoms with Crippen molar-refractivity contribution in [3.8, 4) is 0 Å². The van der Waals surface area contributed by atoms with Gasteiger partial charge in [0.25, 0.3) is 0 Å². The van der Waals surface area contributed by atoms with E-state index in [0.29, 0.717) is 0 Å². The second kappa shape index (κ2) is 8.70. The molecule has 1 aromatic heterocycles. The molecule has 1 heterocycles. The van der Waals surface area contributed by atoms with Crippen LogP contribution in [0.1, 0.15) is 57.4 Å². The topological polar surface area (TPSA) is 0 Å². The first-order valence-corrected chi connectivity index (χ1v) is 6.47. The maximum atomic E-state index is 2.27. The zero-order chi connectivity index (χ0) is 10.8. The molecule has 0 saturated carbocycles. The van der Waals surface area contributed by atoms with Crippen molar-refractivity contribution < 1.29 is 0 Å². The van der Waals surface area contributed by atoms with Gasteiger partial charge in [0, 0.05) is 0 Å². The van der Waals surface area contributed by atoms with Gasteiger partial charge >= 0.3 is 94.8 Å². The van der Waals surface area contributed by atoms with Gasteiger partial charge in [-0.15, -0.1) is 0 Å². The average Bonchev–Trinajstić information content (AvgIpc) is 2.29. The van der Waals surface area contributed by atoms with Crippen molar-refractivity contribution in [2.45, 2.75) is 58.3 Å². The van der Waals surface area contributed by atoms with Gasteiger partial charge in [-0.1, -0.05) is 0 Å². The summed E-state index contributed by atoms with van der Waals surface area (Å²) in [6, 6.07) is 4.47. The third-order valence-corrected chi connectivity index (χ3v) is 2.91. The van der Waals surface area contributed by atoms with Crippen molar-refractivity contribution in [1.82, 2.24) is 0 Å². The van der Waals surface area contributed by atoms with Crippen LogP contribution in [0.2, 0.25) is 0 Å². The second-order valence-corrected chi connectivity index (χ2v) is 4.36. The van der Waals surface area contributed by atoms with E-state index in [0.717, 1.165) is 0 Å². The van der Waals surface area contributed by atoms with Gasteiger partial charge in [-0.2, -0.15) is 0 Å². The summed E-state index contributed by atoms with van der Waals surface area (Å²) in [5, 5.41) is 0. The van der Waals surface area contributed by atoms with E-state index >= 15 is 0 Å². The van der Waals surface area contributed by atoms with E-state index < -0.39 is 0 Å². The van der Waals surface area contributed by atoms with Gasteiger partial charge in [0.05, 0.1) is 0 Å². The Morgan fingerprint density at radius 3 is 2.13 bits per heavy atom. The van der Waals surface area contributed by atoms with Crippen LogP contribution >= 0.6 is 0 Å². The van der Waals surface area contributed by atoms with Gasteiger partial charge < -0.3 is 0 Å². The first-order valence-electron chi connectivity index (χ1n) is 6.47. The SMILES string of the molecule is CCCCCCCCCc1ccbcc1. The molecule has 0 N–H and O–H groups in total. The molecule has 1 rings (SSSR count). The Labute approximate surface area is 95.3 Å². The van der Waals surface area contributed by atoms with E-state index in [-0.39, 0.29) is 0 Å². The van der Waals surface area contributed by atoms with Crippen LogP contribution in [0.5, 0.6) is 0 Å². The Kier molecular flexibility index (Phi) is 7.24. The van der Waals surface area contributed by atoms with Crippen LogP contribution < -0.4 is 0 Å². The Morgan fingerprint density at radius 2 is 1.47 bits per heavy atom. The van der Waals surface area contributed by atoms with Crippen LogP contribution in [0, 0.1) is 0 Å². The first kappa shape index (κ1) is 12.5. The normalized spacial score (nSPS) is 10.2. The molecule has 0 nitrogen and oxygen atoms in total. The van der Waals surface area contributed by atoms with E-state index in [1.807, 2.05) is 0 Å². The third kappa shape index (κ3) is 6.49. The molecule has 0 fully saturated rings. The summed E-state index contributed by atoms with van der Waals surface area (Å²) in [6.45, 7) is 4.36. The van der Waals surface area contributed by atoms with Crippen molar-refractivity contribution >= 4 is 6.91 Å². The fourth-order valence-electron chi connectivity index (χ4n) is 1.93. The standard InChI is InChI=1S/C14H23B/c1-2-3-4-5-6-7-8-9-14-10-12-15-13-11-14/h10-13H,2-9H2,1H3. The van der Waals surface area contributed by atoms with Crippen molar-refractivity contribution in [2.24, 2.45) is 0 Å². The second-order valence-electron chi connectivity index (χ2n) is 4.36. The van der Waals surface area contributed by atoms with E-state index in [1.54, 1.807) is 0 Å². The van der Waals surface area contributed by atoms with Crippen LogP contribution in [0.4, 0.5) is 0 Å². The number of hydrogen-bond donors (Lipinski definition) is 0. The minimum atomic E-state index is 1.26. The molecule has 0 spiro atoms. The molecule has 0 bridgehead atoms. The molecular weight excluding hydrogens is 179 g/mol. The third-order valence-electron chi connectivity index (χ3n) is 2.91. The van der Waals surface area contributed by atoms with Crippen molar-refractivity contribution in [2.75, 3.05) is 0 Å². The zero-order valence-electron chi connectivity index (χ0n) is 10.0. The predicted molar refractivity (Wildman–Crippen MR) is 69.5 cm³/mol. The molecule has 1 heteroatoms. The monoisotopic (exact) mass is 202 g/mol. The van der Waals surface area contributed by atoms with Crippen LogP contribution in [-0.4, -0.2) is 6.91 Å². The molecule has 0 aliphatic carbocycles. The van der Waals surface area contributed by atoms with Crippen molar-refractivity contribution in [3.63, 3.8) is 0 Å². The summed E-state index contributed by atoms with van der Waals surface area (Å²) in [5.74, 6) is 4.27. The van der Waals surface area contributed by atoms with Crippen LogP contribution in [0.25, 0.3) is 0 Å². The molecule has 0 radical (unpaired) electrons. The van der Waals surface area contributed by atoms with Gasteiger partial charge in [-0.3, -0.25) is 0 Å². The summed E-state index contributed by atoms with van der Waals surface area (Å²) in [4.78, 5) is 0.